The Morgan fingerprint density at radius 3 is 2.04 bits per heavy atom. The van der Waals surface area contributed by atoms with Gasteiger partial charge in [0.25, 0.3) is 5.69 Å². The van der Waals surface area contributed by atoms with E-state index >= 15 is 0 Å². The van der Waals surface area contributed by atoms with E-state index in [1.54, 1.807) is 6.92 Å². The molecule has 0 heterocycles. The van der Waals surface area contributed by atoms with Crippen molar-refractivity contribution in [2.45, 2.75) is 6.92 Å². The van der Waals surface area contributed by atoms with Gasteiger partial charge in [-0.1, -0.05) is 0 Å². The quantitative estimate of drug-likeness (QED) is 0.172. The van der Waals surface area contributed by atoms with Crippen LogP contribution in [0.2, 0.25) is 0 Å². The first-order valence-electron chi connectivity index (χ1n) is 6.08. The summed E-state index contributed by atoms with van der Waals surface area (Å²) in [5.41, 5.74) is -0.196. The van der Waals surface area contributed by atoms with Crippen molar-refractivity contribution >= 4 is 75.1 Å². The van der Waals surface area contributed by atoms with E-state index in [-0.39, 0.29) is 11.4 Å². The van der Waals surface area contributed by atoms with Crippen molar-refractivity contribution in [3.8, 4) is 11.5 Å². The number of hydrogen-bond donors (Lipinski definition) is 0. The van der Waals surface area contributed by atoms with Gasteiger partial charge in [0.1, 0.15) is 5.75 Å². The highest BCUT2D eigenvalue weighted by Gasteiger charge is 2.24. The third-order valence-electron chi connectivity index (χ3n) is 3.01. The second-order valence-corrected chi connectivity index (χ2v) is 7.65. The van der Waals surface area contributed by atoms with Crippen molar-refractivity contribution in [3.63, 3.8) is 0 Å². The van der Waals surface area contributed by atoms with Gasteiger partial charge in [-0.2, -0.15) is 0 Å². The number of halogens is 4. The Balaban J connectivity index is 2.61. The molecular weight excluding hydrogens is 584 g/mol. The molecule has 0 fully saturated rings. The van der Waals surface area contributed by atoms with Crippen LogP contribution in [0.25, 0.3) is 0 Å². The van der Waals surface area contributed by atoms with Crippen LogP contribution >= 0.6 is 63.7 Å². The molecule has 11 heteroatoms. The van der Waals surface area contributed by atoms with Crippen LogP contribution < -0.4 is 4.74 Å². The molecule has 0 amide bonds. The molecule has 0 unspecified atom stereocenters. The fraction of sp³-hybridized carbons (Fsp3) is 0.0769. The molecule has 0 saturated heterocycles. The average Bonchev–Trinajstić information content (AvgIpc) is 2.54. The van der Waals surface area contributed by atoms with Crippen molar-refractivity contribution in [2.24, 2.45) is 0 Å². The highest BCUT2D eigenvalue weighted by atomic mass is 79.9. The highest BCUT2D eigenvalue weighted by molar-refractivity contribution is 9.15. The number of benzene rings is 2. The molecule has 0 aromatic heterocycles. The van der Waals surface area contributed by atoms with Crippen LogP contribution in [0, 0.1) is 27.2 Å². The molecule has 0 spiro atoms. The molecule has 7 nitrogen and oxygen atoms in total. The van der Waals surface area contributed by atoms with Gasteiger partial charge in [-0.05, 0) is 76.7 Å². The van der Waals surface area contributed by atoms with E-state index in [1.165, 1.54) is 6.07 Å². The smallest absolute Gasteiger partial charge is 0.318 e. The van der Waals surface area contributed by atoms with Gasteiger partial charge in [0.15, 0.2) is 0 Å². The average molecular weight is 590 g/mol. The number of nitro groups is 2. The Labute approximate surface area is 169 Å². The molecule has 0 bridgehead atoms. The molecule has 0 atom stereocenters. The van der Waals surface area contributed by atoms with E-state index in [0.29, 0.717) is 24.7 Å². The van der Waals surface area contributed by atoms with Gasteiger partial charge < -0.3 is 4.74 Å². The normalized spacial score (nSPS) is 10.5. The van der Waals surface area contributed by atoms with Crippen LogP contribution in [0.1, 0.15) is 5.56 Å². The molecule has 0 saturated carbocycles. The third-order valence-corrected chi connectivity index (χ3v) is 7.94. The molecule has 0 N–H and O–H groups in total. The van der Waals surface area contributed by atoms with E-state index in [9.17, 15) is 20.2 Å². The largest absolute Gasteiger partial charge is 0.449 e. The minimum Gasteiger partial charge on any atom is -0.449 e. The van der Waals surface area contributed by atoms with Crippen LogP contribution in [0.5, 0.6) is 11.5 Å². The number of nitro benzene ring substituents is 2. The highest BCUT2D eigenvalue weighted by Crippen LogP contribution is 2.48. The molecule has 0 aliphatic heterocycles. The fourth-order valence-corrected chi connectivity index (χ4v) is 4.16. The van der Waals surface area contributed by atoms with Crippen LogP contribution in [-0.2, 0) is 0 Å². The lowest BCUT2D eigenvalue weighted by Crippen LogP contribution is -1.98. The van der Waals surface area contributed by atoms with Crippen molar-refractivity contribution in [2.75, 3.05) is 0 Å². The molecule has 24 heavy (non-hydrogen) atoms. The van der Waals surface area contributed by atoms with Crippen molar-refractivity contribution in [3.05, 3.63) is 61.9 Å². The molecule has 2 aromatic carbocycles. The van der Waals surface area contributed by atoms with Gasteiger partial charge >= 0.3 is 5.69 Å². The summed E-state index contributed by atoms with van der Waals surface area (Å²) in [6.07, 6.45) is 0. The maximum absolute atomic E-state index is 11.2. The zero-order chi connectivity index (χ0) is 18.2. The second-order valence-electron chi connectivity index (χ2n) is 4.48. The third kappa shape index (κ3) is 3.63. The number of hydrogen-bond acceptors (Lipinski definition) is 5. The van der Waals surface area contributed by atoms with Crippen LogP contribution in [0.15, 0.2) is 36.1 Å². The summed E-state index contributed by atoms with van der Waals surface area (Å²) in [5, 5.41) is 22.0. The first-order valence-corrected chi connectivity index (χ1v) is 9.25. The lowest BCUT2D eigenvalue weighted by molar-refractivity contribution is -0.394. The Kier molecular flexibility index (Phi) is 6.00. The van der Waals surface area contributed by atoms with Gasteiger partial charge in [-0.3, -0.25) is 20.2 Å². The van der Waals surface area contributed by atoms with E-state index in [4.69, 9.17) is 4.74 Å². The Bertz CT molecular complexity index is 843. The summed E-state index contributed by atoms with van der Waals surface area (Å²) in [6.45, 7) is 1.76. The number of ether oxygens (including phenoxy) is 1. The molecule has 0 aliphatic carbocycles. The van der Waals surface area contributed by atoms with E-state index < -0.39 is 15.5 Å². The minimum absolute atomic E-state index is 0.101. The first kappa shape index (κ1) is 19.3. The molecule has 0 aliphatic rings. The maximum atomic E-state index is 11.2. The van der Waals surface area contributed by atoms with Gasteiger partial charge in [0.05, 0.1) is 24.9 Å². The summed E-state index contributed by atoms with van der Waals surface area (Å²) in [5.74, 6) is 0.240. The Morgan fingerprint density at radius 1 is 0.917 bits per heavy atom. The van der Waals surface area contributed by atoms with Gasteiger partial charge in [0.2, 0.25) is 5.75 Å². The number of non-ortho nitro benzene ring substituents is 1. The minimum atomic E-state index is -0.728. The fourth-order valence-electron chi connectivity index (χ4n) is 1.80. The Hall–Kier alpha value is -1.04. The van der Waals surface area contributed by atoms with Gasteiger partial charge in [0, 0.05) is 20.6 Å². The molecular formula is C13H6Br4N2O5. The zero-order valence-electron chi connectivity index (χ0n) is 11.7. The molecule has 0 radical (unpaired) electrons. The summed E-state index contributed by atoms with van der Waals surface area (Å²) in [4.78, 5) is 20.6. The topological polar surface area (TPSA) is 95.5 Å². The number of nitrogens with zero attached hydrogens (tertiary/aromatic N) is 2. The van der Waals surface area contributed by atoms with Crippen molar-refractivity contribution in [1.82, 2.24) is 0 Å². The molecule has 2 aromatic rings. The number of rotatable bonds is 4. The lowest BCUT2D eigenvalue weighted by Gasteiger charge is -2.15. The maximum Gasteiger partial charge on any atom is 0.318 e. The van der Waals surface area contributed by atoms with E-state index in [1.807, 2.05) is 0 Å². The Morgan fingerprint density at radius 2 is 1.50 bits per heavy atom. The van der Waals surface area contributed by atoms with Crippen molar-refractivity contribution in [1.29, 1.82) is 0 Å². The first-order chi connectivity index (χ1) is 11.1. The van der Waals surface area contributed by atoms with Crippen molar-refractivity contribution < 1.29 is 14.6 Å². The van der Waals surface area contributed by atoms with Gasteiger partial charge in [-0.15, -0.1) is 0 Å². The SMILES string of the molecule is Cc1c(Br)c(Br)c(Br)c(Br)c1Oc1ccc([N+](=O)[O-])cc1[N+](=O)[O-]. The van der Waals surface area contributed by atoms with Crippen LogP contribution in [-0.4, -0.2) is 9.85 Å². The van der Waals surface area contributed by atoms with E-state index in [2.05, 4.69) is 63.7 Å². The zero-order valence-corrected chi connectivity index (χ0v) is 18.0. The van der Waals surface area contributed by atoms with Crippen LogP contribution in [0.4, 0.5) is 11.4 Å². The predicted molar refractivity (Wildman–Crippen MR) is 102 cm³/mol. The molecule has 2 rings (SSSR count). The monoisotopic (exact) mass is 586 g/mol. The van der Waals surface area contributed by atoms with Gasteiger partial charge in [-0.25, -0.2) is 0 Å². The van der Waals surface area contributed by atoms with Crippen LogP contribution in [0.3, 0.4) is 0 Å². The standard InChI is InChI=1S/C13H6Br4N2O5/c1-5-9(14)10(15)11(16)12(17)13(5)24-8-3-2-6(18(20)21)4-7(8)19(22)23/h2-4H,1H3. The summed E-state index contributed by atoms with van der Waals surface area (Å²) in [7, 11) is 0. The lowest BCUT2D eigenvalue weighted by atomic mass is 10.2. The summed E-state index contributed by atoms with van der Waals surface area (Å²) < 4.78 is 8.34. The van der Waals surface area contributed by atoms with E-state index in [0.717, 1.165) is 16.6 Å². The summed E-state index contributed by atoms with van der Waals surface area (Å²) >= 11 is 13.6. The predicted octanol–water partition coefficient (Wildman–Crippen LogP) is 6.65. The molecule has 126 valence electrons. The second kappa shape index (κ2) is 7.46. The summed E-state index contributed by atoms with van der Waals surface area (Å²) in [6, 6.07) is 3.21.